The highest BCUT2D eigenvalue weighted by Gasteiger charge is 2.18. The van der Waals surface area contributed by atoms with Crippen LogP contribution in [0, 0.1) is 0 Å². The molecule has 3 nitrogen and oxygen atoms in total. The zero-order valence-corrected chi connectivity index (χ0v) is 10.6. The summed E-state index contributed by atoms with van der Waals surface area (Å²) in [7, 11) is 0. The van der Waals surface area contributed by atoms with Crippen molar-refractivity contribution in [3.8, 4) is 0 Å². The second-order valence-corrected chi connectivity index (χ2v) is 4.85. The average molecular weight is 232 g/mol. The normalized spacial score (nSPS) is 21.1. The fourth-order valence-electron chi connectivity index (χ4n) is 2.38. The molecule has 1 aliphatic heterocycles. The van der Waals surface area contributed by atoms with Crippen LogP contribution in [0.5, 0.6) is 0 Å². The molecule has 1 aromatic heterocycles. The lowest BCUT2D eigenvalue weighted by Gasteiger charge is -2.28. The van der Waals surface area contributed by atoms with Crippen molar-refractivity contribution in [2.45, 2.75) is 45.6 Å². The molecule has 0 amide bonds. The molecule has 1 aromatic rings. The van der Waals surface area contributed by atoms with Crippen molar-refractivity contribution >= 4 is 11.6 Å². The van der Waals surface area contributed by atoms with Crippen LogP contribution in [0.15, 0.2) is 18.3 Å². The molecule has 0 radical (unpaired) electrons. The lowest BCUT2D eigenvalue weighted by atomic mass is 10.1. The lowest BCUT2D eigenvalue weighted by Crippen LogP contribution is -2.33. The number of anilines is 1. The van der Waals surface area contributed by atoms with Crippen LogP contribution < -0.4 is 4.90 Å². The molecule has 1 atom stereocenters. The third-order valence-electron chi connectivity index (χ3n) is 3.50. The molecule has 0 N–H and O–H groups in total. The maximum Gasteiger partial charge on any atom is 0.161 e. The number of hydrogen-bond acceptors (Lipinski definition) is 3. The Bertz CT molecular complexity index is 386. The minimum atomic E-state index is 0.0768. The summed E-state index contributed by atoms with van der Waals surface area (Å²) in [5.41, 5.74) is 0.691. The number of ketones is 1. The van der Waals surface area contributed by atoms with Gasteiger partial charge in [0, 0.05) is 24.3 Å². The van der Waals surface area contributed by atoms with Crippen LogP contribution in [0.25, 0.3) is 0 Å². The van der Waals surface area contributed by atoms with E-state index < -0.39 is 0 Å². The van der Waals surface area contributed by atoms with Crippen LogP contribution in [-0.2, 0) is 0 Å². The Morgan fingerprint density at radius 1 is 1.35 bits per heavy atom. The number of pyridine rings is 1. The van der Waals surface area contributed by atoms with Gasteiger partial charge < -0.3 is 4.90 Å². The third-order valence-corrected chi connectivity index (χ3v) is 3.50. The summed E-state index contributed by atoms with van der Waals surface area (Å²) in [6.45, 7) is 4.91. The number of Topliss-reactive ketones (excluding diaryl/α,β-unsaturated/α-hetero) is 1. The molecule has 2 heterocycles. The Kier molecular flexibility index (Phi) is 3.77. The number of rotatable bonds is 2. The van der Waals surface area contributed by atoms with Crippen LogP contribution in [-0.4, -0.2) is 23.4 Å². The molecule has 0 aliphatic carbocycles. The van der Waals surface area contributed by atoms with Crippen molar-refractivity contribution in [3.05, 3.63) is 23.9 Å². The summed E-state index contributed by atoms with van der Waals surface area (Å²) in [5.74, 6) is 1.08. The molecule has 1 unspecified atom stereocenters. The average Bonchev–Trinajstić information content (AvgIpc) is 2.54. The number of carbonyl (C=O) groups excluding carboxylic acids is 1. The zero-order valence-electron chi connectivity index (χ0n) is 10.6. The zero-order chi connectivity index (χ0) is 12.3. The summed E-state index contributed by atoms with van der Waals surface area (Å²) < 4.78 is 0. The standard InChI is InChI=1S/C14H20N2O/c1-11-6-4-3-5-9-16(11)14-8-7-13(10-15-14)12(2)17/h7-8,10-11H,3-6,9H2,1-2H3. The van der Waals surface area contributed by atoms with Crippen LogP contribution in [0.4, 0.5) is 5.82 Å². The summed E-state index contributed by atoms with van der Waals surface area (Å²) in [4.78, 5) is 18.0. The first kappa shape index (κ1) is 12.1. The number of carbonyl (C=O) groups is 1. The quantitative estimate of drug-likeness (QED) is 0.735. The van der Waals surface area contributed by atoms with E-state index in [1.54, 1.807) is 13.1 Å². The Balaban J connectivity index is 2.17. The van der Waals surface area contributed by atoms with E-state index >= 15 is 0 Å². The van der Waals surface area contributed by atoms with E-state index in [1.807, 2.05) is 12.1 Å². The van der Waals surface area contributed by atoms with Crippen molar-refractivity contribution in [1.82, 2.24) is 4.98 Å². The maximum atomic E-state index is 11.2. The van der Waals surface area contributed by atoms with Crippen molar-refractivity contribution in [2.75, 3.05) is 11.4 Å². The van der Waals surface area contributed by atoms with E-state index in [9.17, 15) is 4.79 Å². The van der Waals surface area contributed by atoms with E-state index in [-0.39, 0.29) is 5.78 Å². The van der Waals surface area contributed by atoms with Gasteiger partial charge in [-0.1, -0.05) is 12.8 Å². The fourth-order valence-corrected chi connectivity index (χ4v) is 2.38. The number of aromatic nitrogens is 1. The third kappa shape index (κ3) is 2.84. The minimum Gasteiger partial charge on any atom is -0.354 e. The Morgan fingerprint density at radius 3 is 2.82 bits per heavy atom. The van der Waals surface area contributed by atoms with E-state index in [0.717, 1.165) is 12.4 Å². The molecule has 0 bridgehead atoms. The second-order valence-electron chi connectivity index (χ2n) is 4.85. The highest BCUT2D eigenvalue weighted by atomic mass is 16.1. The predicted octanol–water partition coefficient (Wildman–Crippen LogP) is 3.05. The van der Waals surface area contributed by atoms with Crippen LogP contribution in [0.1, 0.15) is 49.9 Å². The minimum absolute atomic E-state index is 0.0768. The molecule has 92 valence electrons. The van der Waals surface area contributed by atoms with Crippen molar-refractivity contribution in [2.24, 2.45) is 0 Å². The van der Waals surface area contributed by atoms with E-state index in [0.29, 0.717) is 11.6 Å². The van der Waals surface area contributed by atoms with E-state index in [4.69, 9.17) is 0 Å². The molecule has 1 fully saturated rings. The second kappa shape index (κ2) is 5.30. The van der Waals surface area contributed by atoms with E-state index in [1.165, 1.54) is 25.7 Å². The highest BCUT2D eigenvalue weighted by Crippen LogP contribution is 2.22. The van der Waals surface area contributed by atoms with Gasteiger partial charge in [0.05, 0.1) is 0 Å². The first-order valence-corrected chi connectivity index (χ1v) is 6.42. The van der Waals surface area contributed by atoms with Gasteiger partial charge in [-0.05, 0) is 38.8 Å². The van der Waals surface area contributed by atoms with Gasteiger partial charge in [-0.2, -0.15) is 0 Å². The van der Waals surface area contributed by atoms with Gasteiger partial charge in [-0.3, -0.25) is 4.79 Å². The lowest BCUT2D eigenvalue weighted by molar-refractivity contribution is 0.101. The SMILES string of the molecule is CC(=O)c1ccc(N2CCCCCC2C)nc1. The Hall–Kier alpha value is -1.38. The van der Waals surface area contributed by atoms with Gasteiger partial charge in [-0.15, -0.1) is 0 Å². The molecule has 1 saturated heterocycles. The topological polar surface area (TPSA) is 33.2 Å². The molecule has 17 heavy (non-hydrogen) atoms. The first-order valence-electron chi connectivity index (χ1n) is 6.42. The van der Waals surface area contributed by atoms with Gasteiger partial charge >= 0.3 is 0 Å². The van der Waals surface area contributed by atoms with Crippen LogP contribution >= 0.6 is 0 Å². The molecule has 3 heteroatoms. The van der Waals surface area contributed by atoms with E-state index in [2.05, 4.69) is 16.8 Å². The molecule has 2 rings (SSSR count). The molecule has 1 aliphatic rings. The predicted molar refractivity (Wildman–Crippen MR) is 69.5 cm³/mol. The molecule has 0 spiro atoms. The molecule has 0 aromatic carbocycles. The van der Waals surface area contributed by atoms with Crippen LogP contribution in [0.2, 0.25) is 0 Å². The van der Waals surface area contributed by atoms with Gasteiger partial charge in [0.15, 0.2) is 5.78 Å². The highest BCUT2D eigenvalue weighted by molar-refractivity contribution is 5.93. The molecular formula is C14H20N2O. The monoisotopic (exact) mass is 232 g/mol. The smallest absolute Gasteiger partial charge is 0.161 e. The number of hydrogen-bond donors (Lipinski definition) is 0. The maximum absolute atomic E-state index is 11.2. The molecule has 0 saturated carbocycles. The largest absolute Gasteiger partial charge is 0.354 e. The van der Waals surface area contributed by atoms with Gasteiger partial charge in [0.2, 0.25) is 0 Å². The summed E-state index contributed by atoms with van der Waals surface area (Å²) in [6, 6.07) is 4.40. The summed E-state index contributed by atoms with van der Waals surface area (Å²) >= 11 is 0. The van der Waals surface area contributed by atoms with Crippen molar-refractivity contribution in [1.29, 1.82) is 0 Å². The van der Waals surface area contributed by atoms with Gasteiger partial charge in [0.25, 0.3) is 0 Å². The van der Waals surface area contributed by atoms with Crippen LogP contribution in [0.3, 0.4) is 0 Å². The molecular weight excluding hydrogens is 212 g/mol. The van der Waals surface area contributed by atoms with Crippen molar-refractivity contribution in [3.63, 3.8) is 0 Å². The summed E-state index contributed by atoms with van der Waals surface area (Å²) in [5, 5.41) is 0. The Morgan fingerprint density at radius 2 is 2.18 bits per heavy atom. The Labute approximate surface area is 103 Å². The summed E-state index contributed by atoms with van der Waals surface area (Å²) in [6.07, 6.45) is 6.78. The van der Waals surface area contributed by atoms with Crippen molar-refractivity contribution < 1.29 is 4.79 Å². The first-order chi connectivity index (χ1) is 8.18. The number of nitrogens with zero attached hydrogens (tertiary/aromatic N) is 2. The fraction of sp³-hybridized carbons (Fsp3) is 0.571. The van der Waals surface area contributed by atoms with Gasteiger partial charge in [-0.25, -0.2) is 4.98 Å². The van der Waals surface area contributed by atoms with Gasteiger partial charge in [0.1, 0.15) is 5.82 Å².